The summed E-state index contributed by atoms with van der Waals surface area (Å²) in [5.74, 6) is 2.11. The number of hydrogen-bond acceptors (Lipinski definition) is 9. The molecule has 0 aliphatic carbocycles. The van der Waals surface area contributed by atoms with Gasteiger partial charge in [0, 0.05) is 30.3 Å². The second-order valence-corrected chi connectivity index (χ2v) is 8.08. The fraction of sp³-hybridized carbons (Fsp3) is 0.120. The van der Waals surface area contributed by atoms with Gasteiger partial charge in [0.25, 0.3) is 5.91 Å². The Hall–Kier alpha value is -5.06. The molecule has 178 valence electrons. The minimum absolute atomic E-state index is 0.0128. The Kier molecular flexibility index (Phi) is 5.14. The van der Waals surface area contributed by atoms with Crippen LogP contribution in [0.2, 0.25) is 0 Å². The molecule has 5 aromatic rings. The van der Waals surface area contributed by atoms with Gasteiger partial charge < -0.3 is 19.0 Å². The molecule has 0 atom stereocenters. The van der Waals surface area contributed by atoms with Crippen LogP contribution in [0.1, 0.15) is 11.5 Å². The number of aromatic amines is 1. The molecule has 0 radical (unpaired) electrons. The number of pyridine rings is 1. The summed E-state index contributed by atoms with van der Waals surface area (Å²) < 4.78 is 16.1. The predicted octanol–water partition coefficient (Wildman–Crippen LogP) is 4.25. The van der Waals surface area contributed by atoms with Crippen molar-refractivity contribution in [1.82, 2.24) is 30.0 Å². The van der Waals surface area contributed by atoms with Crippen LogP contribution >= 0.6 is 0 Å². The zero-order valence-electron chi connectivity index (χ0n) is 19.0. The second-order valence-electron chi connectivity index (χ2n) is 8.08. The Morgan fingerprint density at radius 3 is 2.64 bits per heavy atom. The number of H-pyrrole nitrogens is 1. The Labute approximate surface area is 203 Å². The molecular formula is C25H18N6O5. The monoisotopic (exact) mass is 482 g/mol. The van der Waals surface area contributed by atoms with Gasteiger partial charge in [-0.2, -0.15) is 4.98 Å². The van der Waals surface area contributed by atoms with Crippen molar-refractivity contribution in [3.05, 3.63) is 72.2 Å². The standard InChI is InChI=1S/C25H18N6O5/c1-14-27-23(30-36-14)15-5-7-17(8-6-15)35-21-11-20-19(28-24(29-20)18-4-2-3-9-26-18)10-16(21)12-31-22(32)13-34-25(31)33/h2-11H,12-13H2,1H3,(H,28,29). The van der Waals surface area contributed by atoms with E-state index in [0.29, 0.717) is 51.3 Å². The molecule has 11 heteroatoms. The van der Waals surface area contributed by atoms with E-state index in [-0.39, 0.29) is 13.2 Å². The summed E-state index contributed by atoms with van der Waals surface area (Å²) in [5, 5.41) is 3.92. The van der Waals surface area contributed by atoms with Gasteiger partial charge in [0.05, 0.1) is 17.6 Å². The number of amides is 2. The first-order valence-electron chi connectivity index (χ1n) is 11.0. The number of fused-ring (bicyclic) bond motifs is 1. The van der Waals surface area contributed by atoms with Gasteiger partial charge in [-0.1, -0.05) is 11.2 Å². The van der Waals surface area contributed by atoms with E-state index in [9.17, 15) is 9.59 Å². The number of carbonyl (C=O) groups is 2. The quantitative estimate of drug-likeness (QED) is 0.376. The number of nitrogens with one attached hydrogen (secondary N) is 1. The molecule has 2 aromatic carbocycles. The number of hydrogen-bond donors (Lipinski definition) is 1. The molecule has 1 saturated heterocycles. The Balaban J connectivity index is 1.37. The minimum Gasteiger partial charge on any atom is -0.457 e. The van der Waals surface area contributed by atoms with Gasteiger partial charge in [0.15, 0.2) is 12.4 Å². The lowest BCUT2D eigenvalue weighted by Crippen LogP contribution is -2.28. The van der Waals surface area contributed by atoms with Gasteiger partial charge >= 0.3 is 6.09 Å². The van der Waals surface area contributed by atoms with Crippen LogP contribution in [0.4, 0.5) is 4.79 Å². The number of imide groups is 1. The van der Waals surface area contributed by atoms with Crippen molar-refractivity contribution in [3.8, 4) is 34.4 Å². The van der Waals surface area contributed by atoms with E-state index in [1.54, 1.807) is 37.4 Å². The molecular weight excluding hydrogens is 464 g/mol. The van der Waals surface area contributed by atoms with E-state index in [4.69, 9.17) is 14.0 Å². The number of rotatable bonds is 6. The number of imidazole rings is 1. The topological polar surface area (TPSA) is 136 Å². The van der Waals surface area contributed by atoms with Gasteiger partial charge in [0.2, 0.25) is 11.7 Å². The maximum Gasteiger partial charge on any atom is 0.417 e. The fourth-order valence-electron chi connectivity index (χ4n) is 3.84. The van der Waals surface area contributed by atoms with Crippen molar-refractivity contribution in [2.45, 2.75) is 13.5 Å². The maximum atomic E-state index is 12.2. The highest BCUT2D eigenvalue weighted by molar-refractivity contribution is 5.98. The van der Waals surface area contributed by atoms with Crippen molar-refractivity contribution in [2.24, 2.45) is 0 Å². The highest BCUT2D eigenvalue weighted by Crippen LogP contribution is 2.33. The van der Waals surface area contributed by atoms with Gasteiger partial charge in [-0.25, -0.2) is 14.7 Å². The number of ether oxygens (including phenoxy) is 2. The van der Waals surface area contributed by atoms with Crippen molar-refractivity contribution >= 4 is 23.0 Å². The van der Waals surface area contributed by atoms with E-state index in [0.717, 1.165) is 10.5 Å². The van der Waals surface area contributed by atoms with E-state index >= 15 is 0 Å². The van der Waals surface area contributed by atoms with Crippen molar-refractivity contribution in [1.29, 1.82) is 0 Å². The summed E-state index contributed by atoms with van der Waals surface area (Å²) in [6, 6.07) is 16.3. The normalized spacial score (nSPS) is 13.4. The molecule has 4 heterocycles. The minimum atomic E-state index is -0.690. The van der Waals surface area contributed by atoms with Crippen LogP contribution in [0.5, 0.6) is 11.5 Å². The predicted molar refractivity (Wildman–Crippen MR) is 126 cm³/mol. The van der Waals surface area contributed by atoms with E-state index < -0.39 is 12.0 Å². The van der Waals surface area contributed by atoms with Crippen LogP contribution in [0.3, 0.4) is 0 Å². The van der Waals surface area contributed by atoms with Crippen molar-refractivity contribution in [2.75, 3.05) is 6.61 Å². The smallest absolute Gasteiger partial charge is 0.417 e. The van der Waals surface area contributed by atoms with Crippen LogP contribution in [0.25, 0.3) is 33.9 Å². The molecule has 1 aliphatic heterocycles. The third kappa shape index (κ3) is 4.02. The van der Waals surface area contributed by atoms with Gasteiger partial charge in [-0.3, -0.25) is 9.78 Å². The number of aromatic nitrogens is 5. The molecule has 0 bridgehead atoms. The lowest BCUT2D eigenvalue weighted by atomic mass is 10.1. The Morgan fingerprint density at radius 1 is 1.08 bits per heavy atom. The van der Waals surface area contributed by atoms with Crippen LogP contribution < -0.4 is 4.74 Å². The summed E-state index contributed by atoms with van der Waals surface area (Å²) in [5.41, 5.74) is 3.41. The first-order valence-corrected chi connectivity index (χ1v) is 11.0. The first kappa shape index (κ1) is 21.5. The van der Waals surface area contributed by atoms with Crippen molar-refractivity contribution < 1.29 is 23.6 Å². The second kappa shape index (κ2) is 8.62. The summed E-state index contributed by atoms with van der Waals surface area (Å²) in [7, 11) is 0. The molecule has 2 amide bonds. The molecule has 1 N–H and O–H groups in total. The highest BCUT2D eigenvalue weighted by atomic mass is 16.6. The average molecular weight is 482 g/mol. The van der Waals surface area contributed by atoms with Gasteiger partial charge in [-0.05, 0) is 42.5 Å². The third-order valence-corrected chi connectivity index (χ3v) is 5.61. The summed E-state index contributed by atoms with van der Waals surface area (Å²) in [6.45, 7) is 1.43. The van der Waals surface area contributed by atoms with Crippen LogP contribution in [-0.4, -0.2) is 48.6 Å². The highest BCUT2D eigenvalue weighted by Gasteiger charge is 2.32. The lowest BCUT2D eigenvalue weighted by molar-refractivity contribution is -0.126. The van der Waals surface area contributed by atoms with Gasteiger partial charge in [0.1, 0.15) is 17.2 Å². The van der Waals surface area contributed by atoms with E-state index in [1.807, 2.05) is 30.3 Å². The molecule has 6 rings (SSSR count). The molecule has 36 heavy (non-hydrogen) atoms. The Bertz CT molecular complexity index is 1580. The van der Waals surface area contributed by atoms with Gasteiger partial charge in [-0.15, -0.1) is 0 Å². The zero-order valence-corrected chi connectivity index (χ0v) is 19.0. The largest absolute Gasteiger partial charge is 0.457 e. The molecule has 0 unspecified atom stereocenters. The third-order valence-electron chi connectivity index (χ3n) is 5.61. The van der Waals surface area contributed by atoms with E-state index in [2.05, 4.69) is 25.1 Å². The molecule has 3 aromatic heterocycles. The SMILES string of the molecule is Cc1nc(-c2ccc(Oc3cc4nc(-c5ccccn5)[nH]c4cc3CN3C(=O)COC3=O)cc2)no1. The molecule has 1 aliphatic rings. The molecule has 11 nitrogen and oxygen atoms in total. The summed E-state index contributed by atoms with van der Waals surface area (Å²) in [4.78, 5) is 41.8. The fourth-order valence-corrected chi connectivity index (χ4v) is 3.84. The summed E-state index contributed by atoms with van der Waals surface area (Å²) in [6.07, 6.45) is 0.997. The van der Waals surface area contributed by atoms with E-state index in [1.165, 1.54) is 0 Å². The number of aryl methyl sites for hydroxylation is 1. The summed E-state index contributed by atoms with van der Waals surface area (Å²) >= 11 is 0. The number of nitrogens with zero attached hydrogens (tertiary/aromatic N) is 5. The maximum absolute atomic E-state index is 12.2. The zero-order chi connectivity index (χ0) is 24.6. The number of benzene rings is 2. The van der Waals surface area contributed by atoms with Crippen LogP contribution in [-0.2, 0) is 16.1 Å². The molecule has 0 saturated carbocycles. The number of cyclic esters (lactones) is 1. The lowest BCUT2D eigenvalue weighted by Gasteiger charge is -2.15. The van der Waals surface area contributed by atoms with Crippen LogP contribution in [0.15, 0.2) is 65.3 Å². The average Bonchev–Trinajstić information content (AvgIpc) is 3.60. The van der Waals surface area contributed by atoms with Crippen molar-refractivity contribution in [3.63, 3.8) is 0 Å². The Morgan fingerprint density at radius 2 is 1.94 bits per heavy atom. The van der Waals surface area contributed by atoms with Crippen LogP contribution in [0, 0.1) is 6.92 Å². The molecule has 1 fully saturated rings. The molecule has 0 spiro atoms. The number of carbonyl (C=O) groups excluding carboxylic acids is 2. The first-order chi connectivity index (χ1) is 17.5.